The van der Waals surface area contributed by atoms with Crippen LogP contribution in [0.1, 0.15) is 6.42 Å². The Morgan fingerprint density at radius 3 is 1.27 bits per heavy atom. The van der Waals surface area contributed by atoms with Crippen LogP contribution in [-0.4, -0.2) is 23.4 Å². The van der Waals surface area contributed by atoms with Crippen molar-refractivity contribution in [3.63, 3.8) is 0 Å². The molecule has 0 unspecified atom stereocenters. The standard InChI is InChI=1S/C5H2F4O2/c6-4(7)2(10)1-3(11)5(4,8)9/h1H2. The van der Waals surface area contributed by atoms with E-state index in [0.717, 1.165) is 0 Å². The van der Waals surface area contributed by atoms with Crippen molar-refractivity contribution in [3.8, 4) is 0 Å². The second-order valence-electron chi connectivity index (χ2n) is 2.17. The van der Waals surface area contributed by atoms with E-state index in [9.17, 15) is 27.2 Å². The highest BCUT2D eigenvalue weighted by molar-refractivity contribution is 6.14. The van der Waals surface area contributed by atoms with Crippen LogP contribution in [0.5, 0.6) is 0 Å². The first-order valence-corrected chi connectivity index (χ1v) is 2.62. The van der Waals surface area contributed by atoms with Crippen LogP contribution in [0.15, 0.2) is 0 Å². The molecule has 0 amide bonds. The molecule has 0 heterocycles. The monoisotopic (exact) mass is 170 g/mol. The maximum Gasteiger partial charge on any atom is 0.375 e. The summed E-state index contributed by atoms with van der Waals surface area (Å²) in [5.74, 6) is -13.6. The van der Waals surface area contributed by atoms with Crippen LogP contribution in [-0.2, 0) is 9.59 Å². The van der Waals surface area contributed by atoms with E-state index in [0.29, 0.717) is 0 Å². The summed E-state index contributed by atoms with van der Waals surface area (Å²) in [5.41, 5.74) is 0. The Bertz CT molecular complexity index is 209. The molecule has 0 radical (unpaired) electrons. The summed E-state index contributed by atoms with van der Waals surface area (Å²) in [4.78, 5) is 20.1. The Kier molecular flexibility index (Phi) is 1.34. The molecule has 0 aromatic rings. The van der Waals surface area contributed by atoms with Gasteiger partial charge in [0.1, 0.15) is 0 Å². The predicted molar refractivity (Wildman–Crippen MR) is 24.5 cm³/mol. The average molecular weight is 170 g/mol. The summed E-state index contributed by atoms with van der Waals surface area (Å²) in [6, 6.07) is 0. The van der Waals surface area contributed by atoms with Crippen molar-refractivity contribution in [3.05, 3.63) is 0 Å². The third-order valence-corrected chi connectivity index (χ3v) is 1.42. The maximum absolute atomic E-state index is 12.0. The molecule has 0 atom stereocenters. The van der Waals surface area contributed by atoms with E-state index in [1.165, 1.54) is 0 Å². The number of carbonyl (C=O) groups is 2. The molecule has 0 spiro atoms. The Labute approximate surface area is 58.2 Å². The van der Waals surface area contributed by atoms with E-state index in [-0.39, 0.29) is 0 Å². The van der Waals surface area contributed by atoms with Crippen molar-refractivity contribution >= 4 is 11.6 Å². The van der Waals surface area contributed by atoms with E-state index < -0.39 is 29.8 Å². The third-order valence-electron chi connectivity index (χ3n) is 1.42. The van der Waals surface area contributed by atoms with E-state index in [1.807, 2.05) is 0 Å². The average Bonchev–Trinajstić information content (AvgIpc) is 1.95. The fourth-order valence-corrected chi connectivity index (χ4v) is 0.718. The summed E-state index contributed by atoms with van der Waals surface area (Å²) < 4.78 is 48.2. The van der Waals surface area contributed by atoms with Gasteiger partial charge in [0.15, 0.2) is 0 Å². The minimum absolute atomic E-state index is 1.38. The van der Waals surface area contributed by atoms with Crippen LogP contribution in [0.25, 0.3) is 0 Å². The highest BCUT2D eigenvalue weighted by atomic mass is 19.3. The molecule has 0 aromatic heterocycles. The lowest BCUT2D eigenvalue weighted by molar-refractivity contribution is -0.192. The summed E-state index contributed by atoms with van der Waals surface area (Å²) in [5, 5.41) is 0. The second kappa shape index (κ2) is 1.80. The highest BCUT2D eigenvalue weighted by Crippen LogP contribution is 2.42. The molecule has 1 fully saturated rings. The molecule has 1 rings (SSSR count). The van der Waals surface area contributed by atoms with Crippen LogP contribution >= 0.6 is 0 Å². The van der Waals surface area contributed by atoms with Crippen molar-refractivity contribution in [1.82, 2.24) is 0 Å². The van der Waals surface area contributed by atoms with Gasteiger partial charge in [-0.15, -0.1) is 0 Å². The minimum atomic E-state index is -4.80. The number of Topliss-reactive ketones (excluding diaryl/α,β-unsaturated/α-hetero) is 2. The van der Waals surface area contributed by atoms with Crippen LogP contribution < -0.4 is 0 Å². The Hall–Kier alpha value is -0.940. The molecule has 0 aromatic carbocycles. The molecule has 1 saturated carbocycles. The lowest BCUT2D eigenvalue weighted by Gasteiger charge is -2.13. The minimum Gasteiger partial charge on any atom is -0.292 e. The van der Waals surface area contributed by atoms with Crippen molar-refractivity contribution in [2.75, 3.05) is 0 Å². The zero-order valence-electron chi connectivity index (χ0n) is 5.04. The first-order chi connectivity index (χ1) is 4.80. The number of rotatable bonds is 0. The van der Waals surface area contributed by atoms with Crippen LogP contribution in [0.2, 0.25) is 0 Å². The molecule has 0 aliphatic heterocycles. The first kappa shape index (κ1) is 8.16. The molecule has 0 saturated heterocycles. The largest absolute Gasteiger partial charge is 0.375 e. The van der Waals surface area contributed by atoms with Gasteiger partial charge in [0, 0.05) is 0 Å². The van der Waals surface area contributed by atoms with Gasteiger partial charge in [-0.1, -0.05) is 0 Å². The van der Waals surface area contributed by atoms with Gasteiger partial charge in [0.25, 0.3) is 0 Å². The quantitative estimate of drug-likeness (QED) is 0.398. The highest BCUT2D eigenvalue weighted by Gasteiger charge is 2.71. The van der Waals surface area contributed by atoms with Gasteiger partial charge >= 0.3 is 11.8 Å². The van der Waals surface area contributed by atoms with Gasteiger partial charge < -0.3 is 0 Å². The number of alkyl halides is 4. The van der Waals surface area contributed by atoms with Gasteiger partial charge in [-0.05, 0) is 0 Å². The number of carbonyl (C=O) groups excluding carboxylic acids is 2. The van der Waals surface area contributed by atoms with E-state index in [4.69, 9.17) is 0 Å². The number of hydrogen-bond donors (Lipinski definition) is 0. The predicted octanol–water partition coefficient (Wildman–Crippen LogP) is 0.799. The first-order valence-electron chi connectivity index (χ1n) is 2.62. The van der Waals surface area contributed by atoms with Crippen molar-refractivity contribution in [2.45, 2.75) is 18.3 Å². The Balaban J connectivity index is 3.15. The molecule has 0 N–H and O–H groups in total. The van der Waals surface area contributed by atoms with Crippen LogP contribution in [0, 0.1) is 0 Å². The number of ketones is 2. The van der Waals surface area contributed by atoms with Crippen LogP contribution in [0.4, 0.5) is 17.6 Å². The fraction of sp³-hybridized carbons (Fsp3) is 0.600. The second-order valence-corrected chi connectivity index (χ2v) is 2.17. The van der Waals surface area contributed by atoms with Crippen molar-refractivity contribution in [2.24, 2.45) is 0 Å². The van der Waals surface area contributed by atoms with E-state index in [2.05, 4.69) is 0 Å². The lowest BCUT2D eigenvalue weighted by Crippen LogP contribution is -2.43. The summed E-state index contributed by atoms with van der Waals surface area (Å²) in [7, 11) is 0. The van der Waals surface area contributed by atoms with E-state index in [1.54, 1.807) is 0 Å². The topological polar surface area (TPSA) is 34.1 Å². The number of halogens is 4. The molecular weight excluding hydrogens is 168 g/mol. The fourth-order valence-electron chi connectivity index (χ4n) is 0.718. The molecular formula is C5H2F4O2. The molecule has 6 heteroatoms. The molecule has 1 aliphatic rings. The summed E-state index contributed by atoms with van der Waals surface area (Å²) in [6.45, 7) is 0. The number of hydrogen-bond acceptors (Lipinski definition) is 2. The zero-order valence-corrected chi connectivity index (χ0v) is 5.04. The molecule has 0 bridgehead atoms. The Morgan fingerprint density at radius 1 is 0.909 bits per heavy atom. The summed E-state index contributed by atoms with van der Waals surface area (Å²) >= 11 is 0. The molecule has 62 valence electrons. The molecule has 1 aliphatic carbocycles. The zero-order chi connectivity index (χ0) is 8.86. The summed E-state index contributed by atoms with van der Waals surface area (Å²) in [6.07, 6.45) is -1.38. The van der Waals surface area contributed by atoms with Crippen LogP contribution in [0.3, 0.4) is 0 Å². The third kappa shape index (κ3) is 0.780. The lowest BCUT2D eigenvalue weighted by atomic mass is 10.2. The van der Waals surface area contributed by atoms with Crippen molar-refractivity contribution < 1.29 is 27.2 Å². The normalized spacial score (nSPS) is 27.6. The molecule has 11 heavy (non-hydrogen) atoms. The van der Waals surface area contributed by atoms with Gasteiger partial charge in [0.05, 0.1) is 6.42 Å². The van der Waals surface area contributed by atoms with Gasteiger partial charge in [-0.2, -0.15) is 17.6 Å². The van der Waals surface area contributed by atoms with E-state index >= 15 is 0 Å². The maximum atomic E-state index is 12.0. The Morgan fingerprint density at radius 2 is 1.18 bits per heavy atom. The van der Waals surface area contributed by atoms with Gasteiger partial charge in [-0.3, -0.25) is 9.59 Å². The van der Waals surface area contributed by atoms with Gasteiger partial charge in [-0.25, -0.2) is 0 Å². The smallest absolute Gasteiger partial charge is 0.292 e. The van der Waals surface area contributed by atoms with Gasteiger partial charge in [0.2, 0.25) is 11.6 Å². The van der Waals surface area contributed by atoms with Crippen molar-refractivity contribution in [1.29, 1.82) is 0 Å². The SMILES string of the molecule is O=C1CC(=O)C(F)(F)C1(F)F. The molecule has 2 nitrogen and oxygen atoms in total.